The van der Waals surface area contributed by atoms with Crippen molar-refractivity contribution in [1.29, 1.82) is 0 Å². The second-order valence-corrected chi connectivity index (χ2v) is 4.94. The third-order valence-electron chi connectivity index (χ3n) is 3.20. The van der Waals surface area contributed by atoms with Gasteiger partial charge in [0, 0.05) is 23.9 Å². The number of phenols is 2. The first-order chi connectivity index (χ1) is 8.97. The minimum absolute atomic E-state index is 0.0731. The number of hydrogen-bond donors (Lipinski definition) is 3. The lowest BCUT2D eigenvalue weighted by Crippen LogP contribution is -2.03. The molecule has 19 heavy (non-hydrogen) atoms. The highest BCUT2D eigenvalue weighted by Crippen LogP contribution is 2.26. The van der Waals surface area contributed by atoms with E-state index in [0.29, 0.717) is 6.54 Å². The molecule has 2 aromatic rings. The molecule has 3 N–H and O–H groups in total. The molecule has 0 spiro atoms. The zero-order valence-electron chi connectivity index (χ0n) is 11.5. The van der Waals surface area contributed by atoms with Crippen LogP contribution in [0.25, 0.3) is 0 Å². The Morgan fingerprint density at radius 2 is 1.58 bits per heavy atom. The van der Waals surface area contributed by atoms with Gasteiger partial charge in [-0.1, -0.05) is 17.7 Å². The highest BCUT2D eigenvalue weighted by Gasteiger charge is 2.06. The van der Waals surface area contributed by atoms with E-state index in [1.807, 2.05) is 0 Å². The lowest BCUT2D eigenvalue weighted by atomic mass is 10.0. The molecular weight excluding hydrogens is 238 g/mol. The van der Waals surface area contributed by atoms with Crippen molar-refractivity contribution in [2.24, 2.45) is 0 Å². The van der Waals surface area contributed by atoms with Crippen molar-refractivity contribution in [3.8, 4) is 11.5 Å². The summed E-state index contributed by atoms with van der Waals surface area (Å²) in [5, 5.41) is 22.4. The van der Waals surface area contributed by atoms with Gasteiger partial charge < -0.3 is 15.5 Å². The topological polar surface area (TPSA) is 52.5 Å². The average molecular weight is 257 g/mol. The zero-order chi connectivity index (χ0) is 14.0. The Bertz CT molecular complexity index is 583. The summed E-state index contributed by atoms with van der Waals surface area (Å²) in [6, 6.07) is 8.91. The number of aromatic hydroxyl groups is 2. The van der Waals surface area contributed by atoms with E-state index >= 15 is 0 Å². The molecule has 0 heterocycles. The van der Waals surface area contributed by atoms with Crippen LogP contribution < -0.4 is 5.32 Å². The molecule has 100 valence electrons. The maximum Gasteiger partial charge on any atom is 0.124 e. The van der Waals surface area contributed by atoms with E-state index in [2.05, 4.69) is 38.2 Å². The molecule has 2 aromatic carbocycles. The van der Waals surface area contributed by atoms with Crippen LogP contribution in [0.3, 0.4) is 0 Å². The maximum atomic E-state index is 9.75. The van der Waals surface area contributed by atoms with Gasteiger partial charge in [0.2, 0.25) is 0 Å². The van der Waals surface area contributed by atoms with Gasteiger partial charge in [0.1, 0.15) is 11.5 Å². The van der Waals surface area contributed by atoms with Gasteiger partial charge in [0.05, 0.1) is 0 Å². The molecule has 0 saturated carbocycles. The third-order valence-corrected chi connectivity index (χ3v) is 3.20. The zero-order valence-corrected chi connectivity index (χ0v) is 11.5. The van der Waals surface area contributed by atoms with E-state index in [0.717, 1.165) is 11.3 Å². The van der Waals surface area contributed by atoms with Crippen LogP contribution in [0, 0.1) is 20.8 Å². The first-order valence-electron chi connectivity index (χ1n) is 6.30. The molecule has 0 fully saturated rings. The van der Waals surface area contributed by atoms with Crippen LogP contribution in [0.2, 0.25) is 0 Å². The minimum atomic E-state index is 0.0731. The molecular formula is C16H19NO2. The van der Waals surface area contributed by atoms with Gasteiger partial charge in [-0.25, -0.2) is 0 Å². The van der Waals surface area contributed by atoms with E-state index in [1.165, 1.54) is 22.8 Å². The molecule has 0 bridgehead atoms. The Labute approximate surface area is 113 Å². The lowest BCUT2D eigenvalue weighted by Gasteiger charge is -2.14. The third kappa shape index (κ3) is 2.99. The summed E-state index contributed by atoms with van der Waals surface area (Å²) in [7, 11) is 0. The normalized spacial score (nSPS) is 10.5. The first kappa shape index (κ1) is 13.3. The van der Waals surface area contributed by atoms with Gasteiger partial charge >= 0.3 is 0 Å². The summed E-state index contributed by atoms with van der Waals surface area (Å²) >= 11 is 0. The number of phenolic OH excluding ortho intramolecular Hbond substituents is 2. The molecule has 2 rings (SSSR count). The van der Waals surface area contributed by atoms with Crippen molar-refractivity contribution in [2.75, 3.05) is 5.32 Å². The van der Waals surface area contributed by atoms with Gasteiger partial charge in [-0.15, -0.1) is 0 Å². The molecule has 0 aliphatic heterocycles. The van der Waals surface area contributed by atoms with E-state index in [4.69, 9.17) is 0 Å². The highest BCUT2D eigenvalue weighted by atomic mass is 16.3. The molecule has 0 unspecified atom stereocenters. The fourth-order valence-electron chi connectivity index (χ4n) is 2.34. The number of aryl methyl sites for hydroxylation is 3. The highest BCUT2D eigenvalue weighted by molar-refractivity contribution is 5.58. The molecule has 0 radical (unpaired) electrons. The van der Waals surface area contributed by atoms with Crippen LogP contribution in [0.5, 0.6) is 11.5 Å². The molecule has 0 aromatic heterocycles. The van der Waals surface area contributed by atoms with Crippen molar-refractivity contribution < 1.29 is 10.2 Å². The van der Waals surface area contributed by atoms with Crippen LogP contribution in [-0.4, -0.2) is 10.2 Å². The Balaban J connectivity index is 2.19. The molecule has 0 aliphatic carbocycles. The molecule has 0 aliphatic rings. The predicted molar refractivity (Wildman–Crippen MR) is 77.8 cm³/mol. The summed E-state index contributed by atoms with van der Waals surface area (Å²) in [6.07, 6.45) is 0. The van der Waals surface area contributed by atoms with Gasteiger partial charge in [-0.2, -0.15) is 0 Å². The van der Waals surface area contributed by atoms with Crippen LogP contribution >= 0.6 is 0 Å². The largest absolute Gasteiger partial charge is 0.508 e. The monoisotopic (exact) mass is 257 g/mol. The van der Waals surface area contributed by atoms with Gasteiger partial charge in [-0.3, -0.25) is 0 Å². The Morgan fingerprint density at radius 3 is 2.16 bits per heavy atom. The number of anilines is 1. The standard InChI is InChI=1S/C16H19NO2/c1-10-6-11(2)16(12(3)7-10)17-9-13-4-5-14(18)8-15(13)19/h4-8,17-19H,9H2,1-3H3. The van der Waals surface area contributed by atoms with E-state index in [9.17, 15) is 10.2 Å². The lowest BCUT2D eigenvalue weighted by molar-refractivity contribution is 0.446. The maximum absolute atomic E-state index is 9.75. The smallest absolute Gasteiger partial charge is 0.124 e. The van der Waals surface area contributed by atoms with Crippen molar-refractivity contribution in [3.63, 3.8) is 0 Å². The SMILES string of the molecule is Cc1cc(C)c(NCc2ccc(O)cc2O)c(C)c1. The summed E-state index contributed by atoms with van der Waals surface area (Å²) in [5.74, 6) is 0.180. The van der Waals surface area contributed by atoms with E-state index in [-0.39, 0.29) is 11.5 Å². The van der Waals surface area contributed by atoms with Crippen LogP contribution in [0.4, 0.5) is 5.69 Å². The van der Waals surface area contributed by atoms with Crippen LogP contribution in [0.15, 0.2) is 30.3 Å². The van der Waals surface area contributed by atoms with Crippen molar-refractivity contribution in [1.82, 2.24) is 0 Å². The number of nitrogens with one attached hydrogen (secondary N) is 1. The Hall–Kier alpha value is -2.16. The number of hydrogen-bond acceptors (Lipinski definition) is 3. The molecule has 0 atom stereocenters. The number of rotatable bonds is 3. The average Bonchev–Trinajstić information content (AvgIpc) is 2.30. The second-order valence-electron chi connectivity index (χ2n) is 4.94. The fraction of sp³-hybridized carbons (Fsp3) is 0.250. The Morgan fingerprint density at radius 1 is 0.947 bits per heavy atom. The number of benzene rings is 2. The predicted octanol–water partition coefficient (Wildman–Crippen LogP) is 3.64. The van der Waals surface area contributed by atoms with Gasteiger partial charge in [0.15, 0.2) is 0 Å². The Kier molecular flexibility index (Phi) is 3.65. The fourth-order valence-corrected chi connectivity index (χ4v) is 2.34. The van der Waals surface area contributed by atoms with Crippen LogP contribution in [-0.2, 0) is 6.54 Å². The van der Waals surface area contributed by atoms with Gasteiger partial charge in [0.25, 0.3) is 0 Å². The van der Waals surface area contributed by atoms with Crippen LogP contribution in [0.1, 0.15) is 22.3 Å². The quantitative estimate of drug-likeness (QED) is 0.787. The summed E-state index contributed by atoms with van der Waals surface area (Å²) < 4.78 is 0. The molecule has 0 saturated heterocycles. The molecule has 3 nitrogen and oxygen atoms in total. The van der Waals surface area contributed by atoms with Gasteiger partial charge in [-0.05, 0) is 44.0 Å². The minimum Gasteiger partial charge on any atom is -0.508 e. The summed E-state index contributed by atoms with van der Waals surface area (Å²) in [6.45, 7) is 6.74. The second kappa shape index (κ2) is 5.22. The summed E-state index contributed by atoms with van der Waals surface area (Å²) in [4.78, 5) is 0. The van der Waals surface area contributed by atoms with E-state index < -0.39 is 0 Å². The summed E-state index contributed by atoms with van der Waals surface area (Å²) in [5.41, 5.74) is 5.48. The molecule has 0 amide bonds. The first-order valence-corrected chi connectivity index (χ1v) is 6.30. The van der Waals surface area contributed by atoms with Crippen molar-refractivity contribution in [2.45, 2.75) is 27.3 Å². The van der Waals surface area contributed by atoms with Crippen molar-refractivity contribution in [3.05, 3.63) is 52.6 Å². The van der Waals surface area contributed by atoms with E-state index in [1.54, 1.807) is 12.1 Å². The van der Waals surface area contributed by atoms with Crippen molar-refractivity contribution >= 4 is 5.69 Å². The molecule has 3 heteroatoms.